The molecule has 0 spiro atoms. The standard InChI is InChI=1S/C22H18F4N2O2/c1-14-5-10-19(20(29)27-12-11-15-6-8-17(23)9-7-15)21(30)28(14)18-4-2-3-16(13-18)22(24,25)26/h2-10,13H,11-12H2,1H3,(H,27,29). The van der Waals surface area contributed by atoms with Crippen molar-refractivity contribution in [2.45, 2.75) is 19.5 Å². The van der Waals surface area contributed by atoms with Gasteiger partial charge in [-0.25, -0.2) is 4.39 Å². The highest BCUT2D eigenvalue weighted by Gasteiger charge is 2.30. The lowest BCUT2D eigenvalue weighted by Crippen LogP contribution is -2.34. The predicted molar refractivity (Wildman–Crippen MR) is 104 cm³/mol. The Hall–Kier alpha value is -3.42. The molecule has 0 atom stereocenters. The second kappa shape index (κ2) is 8.52. The molecule has 156 valence electrons. The minimum Gasteiger partial charge on any atom is -0.352 e. The van der Waals surface area contributed by atoms with Gasteiger partial charge in [0.2, 0.25) is 0 Å². The molecule has 1 amide bonds. The van der Waals surface area contributed by atoms with Crippen LogP contribution in [0.15, 0.2) is 65.5 Å². The summed E-state index contributed by atoms with van der Waals surface area (Å²) >= 11 is 0. The van der Waals surface area contributed by atoms with Crippen LogP contribution in [-0.4, -0.2) is 17.0 Å². The molecular formula is C22H18F4N2O2. The van der Waals surface area contributed by atoms with Gasteiger partial charge >= 0.3 is 6.18 Å². The molecular weight excluding hydrogens is 400 g/mol. The summed E-state index contributed by atoms with van der Waals surface area (Å²) in [7, 11) is 0. The summed E-state index contributed by atoms with van der Waals surface area (Å²) in [6.45, 7) is 1.78. The molecule has 0 radical (unpaired) electrons. The Labute approximate surface area is 169 Å². The van der Waals surface area contributed by atoms with E-state index in [1.54, 1.807) is 19.1 Å². The van der Waals surface area contributed by atoms with Crippen LogP contribution in [-0.2, 0) is 12.6 Å². The van der Waals surface area contributed by atoms with E-state index in [1.165, 1.54) is 36.4 Å². The number of hydrogen-bond acceptors (Lipinski definition) is 2. The van der Waals surface area contributed by atoms with Gasteiger partial charge in [0.05, 0.1) is 5.56 Å². The Morgan fingerprint density at radius 2 is 1.73 bits per heavy atom. The van der Waals surface area contributed by atoms with Gasteiger partial charge in [-0.2, -0.15) is 13.2 Å². The van der Waals surface area contributed by atoms with E-state index >= 15 is 0 Å². The summed E-state index contributed by atoms with van der Waals surface area (Å²) in [6, 6.07) is 13.0. The van der Waals surface area contributed by atoms with Crippen LogP contribution in [0.25, 0.3) is 5.69 Å². The van der Waals surface area contributed by atoms with Crippen LogP contribution < -0.4 is 10.9 Å². The minimum atomic E-state index is -4.55. The number of hydrogen-bond donors (Lipinski definition) is 1. The lowest BCUT2D eigenvalue weighted by atomic mass is 10.1. The Morgan fingerprint density at radius 1 is 1.03 bits per heavy atom. The van der Waals surface area contributed by atoms with Crippen molar-refractivity contribution in [3.05, 3.63) is 99.2 Å². The average molecular weight is 418 g/mol. The Morgan fingerprint density at radius 3 is 2.40 bits per heavy atom. The highest BCUT2D eigenvalue weighted by Crippen LogP contribution is 2.30. The van der Waals surface area contributed by atoms with Gasteiger partial charge < -0.3 is 5.32 Å². The van der Waals surface area contributed by atoms with Gasteiger partial charge in [-0.3, -0.25) is 14.2 Å². The molecule has 0 bridgehead atoms. The molecule has 0 fully saturated rings. The third-order valence-electron chi connectivity index (χ3n) is 4.57. The molecule has 3 rings (SSSR count). The maximum Gasteiger partial charge on any atom is 0.416 e. The fourth-order valence-electron chi connectivity index (χ4n) is 3.01. The molecule has 0 unspecified atom stereocenters. The number of carbonyl (C=O) groups is 1. The molecule has 0 aliphatic heterocycles. The van der Waals surface area contributed by atoms with Crippen LogP contribution in [0.2, 0.25) is 0 Å². The topological polar surface area (TPSA) is 51.1 Å². The molecule has 1 N–H and O–H groups in total. The van der Waals surface area contributed by atoms with Gasteiger partial charge in [-0.1, -0.05) is 18.2 Å². The smallest absolute Gasteiger partial charge is 0.352 e. The third-order valence-corrected chi connectivity index (χ3v) is 4.57. The predicted octanol–water partition coefficient (Wildman–Crippen LogP) is 4.28. The second-order valence-electron chi connectivity index (χ2n) is 6.71. The molecule has 0 saturated heterocycles. The molecule has 3 aromatic rings. The van der Waals surface area contributed by atoms with Crippen molar-refractivity contribution < 1.29 is 22.4 Å². The summed E-state index contributed by atoms with van der Waals surface area (Å²) in [5, 5.41) is 2.61. The van der Waals surface area contributed by atoms with E-state index < -0.39 is 23.2 Å². The van der Waals surface area contributed by atoms with Crippen LogP contribution in [0.3, 0.4) is 0 Å². The first-order chi connectivity index (χ1) is 14.2. The monoisotopic (exact) mass is 418 g/mol. The lowest BCUT2D eigenvalue weighted by Gasteiger charge is -2.14. The number of aromatic nitrogens is 1. The fraction of sp³-hybridized carbons (Fsp3) is 0.182. The van der Waals surface area contributed by atoms with E-state index in [-0.39, 0.29) is 23.6 Å². The van der Waals surface area contributed by atoms with Crippen molar-refractivity contribution in [2.75, 3.05) is 6.54 Å². The van der Waals surface area contributed by atoms with Crippen LogP contribution in [0.5, 0.6) is 0 Å². The van der Waals surface area contributed by atoms with Gasteiger partial charge in [0, 0.05) is 17.9 Å². The quantitative estimate of drug-likeness (QED) is 0.629. The molecule has 2 aromatic carbocycles. The third kappa shape index (κ3) is 4.76. The SMILES string of the molecule is Cc1ccc(C(=O)NCCc2ccc(F)cc2)c(=O)n1-c1cccc(C(F)(F)F)c1. The number of aryl methyl sites for hydroxylation is 1. The first-order valence-corrected chi connectivity index (χ1v) is 9.10. The highest BCUT2D eigenvalue weighted by atomic mass is 19.4. The summed E-state index contributed by atoms with van der Waals surface area (Å²) in [5.41, 5.74) is -0.566. The van der Waals surface area contributed by atoms with Crippen molar-refractivity contribution >= 4 is 5.91 Å². The Balaban J connectivity index is 1.83. The van der Waals surface area contributed by atoms with Crippen molar-refractivity contribution in [2.24, 2.45) is 0 Å². The van der Waals surface area contributed by atoms with Crippen LogP contribution in [0.1, 0.15) is 27.2 Å². The molecule has 4 nitrogen and oxygen atoms in total. The number of pyridine rings is 1. The summed E-state index contributed by atoms with van der Waals surface area (Å²) < 4.78 is 53.1. The lowest BCUT2D eigenvalue weighted by molar-refractivity contribution is -0.137. The maximum absolute atomic E-state index is 13.0. The highest BCUT2D eigenvalue weighted by molar-refractivity contribution is 5.93. The van der Waals surface area contributed by atoms with E-state index in [0.717, 1.165) is 22.3 Å². The summed E-state index contributed by atoms with van der Waals surface area (Å²) in [4.78, 5) is 25.3. The van der Waals surface area contributed by atoms with Crippen molar-refractivity contribution in [1.29, 1.82) is 0 Å². The fourth-order valence-corrected chi connectivity index (χ4v) is 3.01. The first kappa shape index (κ1) is 21.3. The number of amides is 1. The number of carbonyl (C=O) groups excluding carboxylic acids is 1. The average Bonchev–Trinajstić information content (AvgIpc) is 2.69. The van der Waals surface area contributed by atoms with Crippen molar-refractivity contribution in [3.63, 3.8) is 0 Å². The minimum absolute atomic E-state index is 0.0216. The molecule has 0 aliphatic rings. The Kier molecular flexibility index (Phi) is 6.05. The van der Waals surface area contributed by atoms with Gasteiger partial charge in [0.25, 0.3) is 11.5 Å². The summed E-state index contributed by atoms with van der Waals surface area (Å²) in [6.07, 6.45) is -4.12. The zero-order valence-electron chi connectivity index (χ0n) is 16.0. The number of nitrogens with zero attached hydrogens (tertiary/aromatic N) is 1. The second-order valence-corrected chi connectivity index (χ2v) is 6.71. The van der Waals surface area contributed by atoms with E-state index in [0.29, 0.717) is 12.1 Å². The number of rotatable bonds is 5. The molecule has 8 heteroatoms. The number of halogens is 4. The van der Waals surface area contributed by atoms with Gasteiger partial charge in [0.15, 0.2) is 0 Å². The van der Waals surface area contributed by atoms with Crippen LogP contribution >= 0.6 is 0 Å². The zero-order chi connectivity index (χ0) is 21.9. The molecule has 1 aromatic heterocycles. The van der Waals surface area contributed by atoms with Gasteiger partial charge in [0.1, 0.15) is 11.4 Å². The van der Waals surface area contributed by atoms with Crippen molar-refractivity contribution in [3.8, 4) is 5.69 Å². The number of benzene rings is 2. The van der Waals surface area contributed by atoms with E-state index in [2.05, 4.69) is 5.32 Å². The molecule has 0 saturated carbocycles. The molecule has 1 heterocycles. The van der Waals surface area contributed by atoms with Gasteiger partial charge in [-0.15, -0.1) is 0 Å². The molecule has 30 heavy (non-hydrogen) atoms. The van der Waals surface area contributed by atoms with Crippen LogP contribution in [0.4, 0.5) is 17.6 Å². The van der Waals surface area contributed by atoms with Gasteiger partial charge in [-0.05, 0) is 61.4 Å². The normalized spacial score (nSPS) is 11.4. The van der Waals surface area contributed by atoms with Crippen molar-refractivity contribution in [1.82, 2.24) is 9.88 Å². The summed E-state index contributed by atoms with van der Waals surface area (Å²) in [5.74, 6) is -1.000. The van der Waals surface area contributed by atoms with Crippen LogP contribution in [0, 0.1) is 12.7 Å². The zero-order valence-corrected chi connectivity index (χ0v) is 16.0. The largest absolute Gasteiger partial charge is 0.416 e. The Bertz CT molecular complexity index is 1120. The van der Waals surface area contributed by atoms with E-state index in [4.69, 9.17) is 0 Å². The number of alkyl halides is 3. The van der Waals surface area contributed by atoms with E-state index in [1.807, 2.05) is 0 Å². The van der Waals surface area contributed by atoms with E-state index in [9.17, 15) is 27.2 Å². The number of nitrogens with one attached hydrogen (secondary N) is 1. The maximum atomic E-state index is 13.0. The first-order valence-electron chi connectivity index (χ1n) is 9.10. The molecule has 0 aliphatic carbocycles.